The molecule has 29 heavy (non-hydrogen) atoms. The summed E-state index contributed by atoms with van der Waals surface area (Å²) in [5, 5.41) is 6.69. The van der Waals surface area contributed by atoms with E-state index < -0.39 is 0 Å². The van der Waals surface area contributed by atoms with Crippen LogP contribution in [-0.4, -0.2) is 36.8 Å². The van der Waals surface area contributed by atoms with Crippen LogP contribution in [0.2, 0.25) is 0 Å². The Kier molecular flexibility index (Phi) is 5.65. The molecule has 4 rings (SSSR count). The van der Waals surface area contributed by atoms with Crippen molar-refractivity contribution in [2.75, 3.05) is 37.5 Å². The van der Waals surface area contributed by atoms with Crippen LogP contribution in [0.15, 0.2) is 48.5 Å². The molecule has 150 valence electrons. The number of fused-ring (bicyclic) bond motifs is 1. The highest BCUT2D eigenvalue weighted by Gasteiger charge is 2.12. The van der Waals surface area contributed by atoms with Gasteiger partial charge in [0.1, 0.15) is 36.4 Å². The van der Waals surface area contributed by atoms with E-state index in [0.29, 0.717) is 19.0 Å². The van der Waals surface area contributed by atoms with Crippen LogP contribution in [0.5, 0.6) is 17.2 Å². The van der Waals surface area contributed by atoms with E-state index in [2.05, 4.69) is 32.7 Å². The molecule has 0 atom stereocenters. The van der Waals surface area contributed by atoms with Gasteiger partial charge in [-0.25, -0.2) is 9.97 Å². The Hall–Kier alpha value is -3.48. The number of rotatable bonds is 7. The maximum atomic E-state index is 5.64. The van der Waals surface area contributed by atoms with E-state index in [1.165, 1.54) is 5.56 Å². The van der Waals surface area contributed by atoms with Crippen molar-refractivity contribution in [1.82, 2.24) is 9.97 Å². The van der Waals surface area contributed by atoms with E-state index in [-0.39, 0.29) is 0 Å². The van der Waals surface area contributed by atoms with Gasteiger partial charge < -0.3 is 24.8 Å². The Balaban J connectivity index is 1.39. The molecule has 7 heteroatoms. The fourth-order valence-corrected chi connectivity index (χ4v) is 3.12. The van der Waals surface area contributed by atoms with Gasteiger partial charge in [-0.2, -0.15) is 0 Å². The lowest BCUT2D eigenvalue weighted by atomic mass is 10.1. The lowest BCUT2D eigenvalue weighted by Crippen LogP contribution is -2.15. The van der Waals surface area contributed by atoms with Crippen molar-refractivity contribution in [1.29, 1.82) is 0 Å². The van der Waals surface area contributed by atoms with Crippen LogP contribution in [0.1, 0.15) is 11.4 Å². The van der Waals surface area contributed by atoms with Gasteiger partial charge in [-0.1, -0.05) is 12.1 Å². The first-order valence-corrected chi connectivity index (χ1v) is 9.59. The lowest BCUT2D eigenvalue weighted by molar-refractivity contribution is 0.171. The van der Waals surface area contributed by atoms with Gasteiger partial charge in [0, 0.05) is 24.4 Å². The number of nitrogens with one attached hydrogen (secondary N) is 2. The number of anilines is 3. The number of hydrogen-bond acceptors (Lipinski definition) is 7. The maximum Gasteiger partial charge on any atom is 0.163 e. The number of hydrogen-bond donors (Lipinski definition) is 2. The number of nitrogens with zero attached hydrogens (tertiary/aromatic N) is 2. The molecule has 2 N–H and O–H groups in total. The summed E-state index contributed by atoms with van der Waals surface area (Å²) in [6, 6.07) is 15.8. The van der Waals surface area contributed by atoms with Crippen molar-refractivity contribution in [3.63, 3.8) is 0 Å². The topological polar surface area (TPSA) is 77.5 Å². The second-order valence-corrected chi connectivity index (χ2v) is 6.69. The zero-order chi connectivity index (χ0) is 20.1. The van der Waals surface area contributed by atoms with Gasteiger partial charge in [0.05, 0.1) is 7.11 Å². The first-order chi connectivity index (χ1) is 14.2. The highest BCUT2D eigenvalue weighted by molar-refractivity contribution is 5.63. The number of benzene rings is 2. The molecule has 0 radical (unpaired) electrons. The molecule has 3 aromatic rings. The first kappa shape index (κ1) is 18.9. The first-order valence-electron chi connectivity index (χ1n) is 9.59. The fourth-order valence-electron chi connectivity index (χ4n) is 3.12. The van der Waals surface area contributed by atoms with Crippen molar-refractivity contribution in [3.05, 3.63) is 59.9 Å². The van der Waals surface area contributed by atoms with Gasteiger partial charge in [-0.05, 0) is 43.2 Å². The van der Waals surface area contributed by atoms with Crippen LogP contribution in [0, 0.1) is 6.92 Å². The van der Waals surface area contributed by atoms with Crippen LogP contribution < -0.4 is 24.8 Å². The quantitative estimate of drug-likeness (QED) is 0.630. The standard InChI is InChI=1S/C22H24N4O3/c1-15-24-21(23-10-9-16-3-6-18(27-2)7-4-16)14-22(25-15)26-17-5-8-19-20(13-17)29-12-11-28-19/h3-8,13-14H,9-12H2,1-2H3,(H2,23,24,25,26). The van der Waals surface area contributed by atoms with Gasteiger partial charge >= 0.3 is 0 Å². The molecule has 1 aliphatic rings. The Morgan fingerprint density at radius 1 is 0.931 bits per heavy atom. The molecule has 0 fully saturated rings. The van der Waals surface area contributed by atoms with E-state index in [1.54, 1.807) is 7.11 Å². The molecule has 0 unspecified atom stereocenters. The summed E-state index contributed by atoms with van der Waals surface area (Å²) in [7, 11) is 1.67. The lowest BCUT2D eigenvalue weighted by Gasteiger charge is -2.19. The Labute approximate surface area is 170 Å². The van der Waals surface area contributed by atoms with E-state index in [4.69, 9.17) is 14.2 Å². The molecular weight excluding hydrogens is 368 g/mol. The predicted molar refractivity (Wildman–Crippen MR) is 113 cm³/mol. The summed E-state index contributed by atoms with van der Waals surface area (Å²) in [5.74, 6) is 4.57. The summed E-state index contributed by atoms with van der Waals surface area (Å²) in [4.78, 5) is 8.96. The van der Waals surface area contributed by atoms with Gasteiger partial charge in [0.25, 0.3) is 0 Å². The van der Waals surface area contributed by atoms with Crippen LogP contribution in [0.4, 0.5) is 17.3 Å². The van der Waals surface area contributed by atoms with Crippen LogP contribution in [0.25, 0.3) is 0 Å². The zero-order valence-corrected chi connectivity index (χ0v) is 16.6. The predicted octanol–water partition coefficient (Wildman–Crippen LogP) is 3.96. The minimum absolute atomic E-state index is 0.561. The highest BCUT2D eigenvalue weighted by atomic mass is 16.6. The Morgan fingerprint density at radius 2 is 1.69 bits per heavy atom. The average molecular weight is 392 g/mol. The molecule has 0 saturated carbocycles. The molecule has 1 aliphatic heterocycles. The van der Waals surface area contributed by atoms with Crippen molar-refractivity contribution in [2.24, 2.45) is 0 Å². The number of aryl methyl sites for hydroxylation is 1. The SMILES string of the molecule is COc1ccc(CCNc2cc(Nc3ccc4c(c3)OCCO4)nc(C)n2)cc1. The fraction of sp³-hybridized carbons (Fsp3) is 0.273. The summed E-state index contributed by atoms with van der Waals surface area (Å²) < 4.78 is 16.4. The monoisotopic (exact) mass is 392 g/mol. The Morgan fingerprint density at radius 3 is 2.48 bits per heavy atom. The van der Waals surface area contributed by atoms with E-state index >= 15 is 0 Å². The van der Waals surface area contributed by atoms with Crippen LogP contribution in [-0.2, 0) is 6.42 Å². The minimum atomic E-state index is 0.561. The molecular formula is C22H24N4O3. The van der Waals surface area contributed by atoms with Crippen LogP contribution >= 0.6 is 0 Å². The second-order valence-electron chi connectivity index (χ2n) is 6.69. The van der Waals surface area contributed by atoms with Gasteiger partial charge in [0.15, 0.2) is 11.5 Å². The summed E-state index contributed by atoms with van der Waals surface area (Å²) in [6.07, 6.45) is 0.887. The number of methoxy groups -OCH3 is 1. The molecule has 7 nitrogen and oxygen atoms in total. The van der Waals surface area contributed by atoms with E-state index in [1.807, 2.05) is 43.3 Å². The maximum absolute atomic E-state index is 5.64. The van der Waals surface area contributed by atoms with Crippen molar-refractivity contribution < 1.29 is 14.2 Å². The number of aromatic nitrogens is 2. The largest absolute Gasteiger partial charge is 0.497 e. The molecule has 0 spiro atoms. The van der Waals surface area contributed by atoms with Crippen LogP contribution in [0.3, 0.4) is 0 Å². The average Bonchev–Trinajstić information content (AvgIpc) is 2.74. The third kappa shape index (κ3) is 4.87. The van der Waals surface area contributed by atoms with E-state index in [9.17, 15) is 0 Å². The highest BCUT2D eigenvalue weighted by Crippen LogP contribution is 2.33. The smallest absolute Gasteiger partial charge is 0.163 e. The van der Waals surface area contributed by atoms with Gasteiger partial charge in [-0.15, -0.1) is 0 Å². The molecule has 0 saturated heterocycles. The third-order valence-electron chi connectivity index (χ3n) is 4.53. The van der Waals surface area contributed by atoms with Crippen molar-refractivity contribution >= 4 is 17.3 Å². The van der Waals surface area contributed by atoms with Crippen molar-refractivity contribution in [3.8, 4) is 17.2 Å². The molecule has 0 aliphatic carbocycles. The summed E-state index contributed by atoms with van der Waals surface area (Å²) in [6.45, 7) is 3.79. The normalized spacial score (nSPS) is 12.3. The minimum Gasteiger partial charge on any atom is -0.497 e. The van der Waals surface area contributed by atoms with Gasteiger partial charge in [-0.3, -0.25) is 0 Å². The second kappa shape index (κ2) is 8.68. The summed E-state index contributed by atoms with van der Waals surface area (Å²) in [5.41, 5.74) is 2.12. The van der Waals surface area contributed by atoms with E-state index in [0.717, 1.165) is 47.5 Å². The molecule has 2 aromatic carbocycles. The molecule has 2 heterocycles. The zero-order valence-electron chi connectivity index (χ0n) is 16.6. The third-order valence-corrected chi connectivity index (χ3v) is 4.53. The van der Waals surface area contributed by atoms with Gasteiger partial charge in [0.2, 0.25) is 0 Å². The van der Waals surface area contributed by atoms with Crippen molar-refractivity contribution in [2.45, 2.75) is 13.3 Å². The molecule has 0 amide bonds. The molecule has 0 bridgehead atoms. The molecule has 1 aromatic heterocycles. The summed E-state index contributed by atoms with van der Waals surface area (Å²) >= 11 is 0. The Bertz CT molecular complexity index is 976. The number of ether oxygens (including phenoxy) is 3.